The molecule has 2 aromatic rings. The van der Waals surface area contributed by atoms with Crippen molar-refractivity contribution >= 4 is 35.8 Å². The van der Waals surface area contributed by atoms with Gasteiger partial charge in [-0.1, -0.05) is 18.2 Å². The lowest BCUT2D eigenvalue weighted by atomic mass is 10.1. The van der Waals surface area contributed by atoms with Crippen molar-refractivity contribution in [3.05, 3.63) is 54.2 Å². The molecule has 0 spiro atoms. The molecular formula is C25H37IN6O. The van der Waals surface area contributed by atoms with Gasteiger partial charge in [-0.25, -0.2) is 9.98 Å². The molecule has 180 valence electrons. The second-order valence-corrected chi connectivity index (χ2v) is 8.60. The fraction of sp³-hybridized carbons (Fsp3) is 0.520. The van der Waals surface area contributed by atoms with E-state index in [1.165, 1.54) is 5.56 Å². The number of hydrogen-bond donors (Lipinski definition) is 1. The number of aromatic nitrogens is 1. The number of likely N-dealkylation sites (tertiary alicyclic amines) is 1. The summed E-state index contributed by atoms with van der Waals surface area (Å²) < 4.78 is 6.15. The minimum atomic E-state index is 0. The molecule has 2 aliphatic rings. The van der Waals surface area contributed by atoms with Gasteiger partial charge in [0.25, 0.3) is 0 Å². The van der Waals surface area contributed by atoms with Crippen LogP contribution in [0.4, 0.5) is 5.82 Å². The van der Waals surface area contributed by atoms with Gasteiger partial charge in [0.1, 0.15) is 17.7 Å². The maximum Gasteiger partial charge on any atom is 0.194 e. The number of hydrogen-bond acceptors (Lipinski definition) is 5. The number of benzene rings is 1. The zero-order valence-corrected chi connectivity index (χ0v) is 22.2. The van der Waals surface area contributed by atoms with E-state index in [4.69, 9.17) is 9.73 Å². The highest BCUT2D eigenvalue weighted by molar-refractivity contribution is 14.0. The van der Waals surface area contributed by atoms with Gasteiger partial charge in [0.15, 0.2) is 5.96 Å². The Morgan fingerprint density at radius 3 is 2.48 bits per heavy atom. The Hall–Kier alpha value is -2.07. The van der Waals surface area contributed by atoms with Crippen LogP contribution >= 0.6 is 24.0 Å². The highest BCUT2D eigenvalue weighted by Gasteiger charge is 2.23. The molecule has 0 unspecified atom stereocenters. The standard InChI is InChI=1S/C25H36N6O.HI/c1-3-26-25(31-13-10-23(11-14-31)32-22-7-5-4-6-8-22)28-20-21-9-12-27-24(19-21)30-17-15-29(2)16-18-30;/h4-9,12,19,23H,3,10-11,13-18,20H2,1-2H3,(H,26,28);1H. The van der Waals surface area contributed by atoms with E-state index >= 15 is 0 Å². The molecule has 1 N–H and O–H groups in total. The number of para-hydroxylation sites is 1. The number of aliphatic imine (C=N–C) groups is 1. The molecule has 7 nitrogen and oxygen atoms in total. The first-order valence-corrected chi connectivity index (χ1v) is 11.8. The molecule has 4 rings (SSSR count). The number of rotatable bonds is 6. The van der Waals surface area contributed by atoms with Crippen LogP contribution in [0.25, 0.3) is 0 Å². The molecular weight excluding hydrogens is 527 g/mol. The number of nitrogens with one attached hydrogen (secondary N) is 1. The summed E-state index contributed by atoms with van der Waals surface area (Å²) in [4.78, 5) is 16.6. The van der Waals surface area contributed by atoms with Gasteiger partial charge in [0.2, 0.25) is 0 Å². The number of ether oxygens (including phenoxy) is 1. The van der Waals surface area contributed by atoms with Crippen LogP contribution < -0.4 is 15.0 Å². The second-order valence-electron chi connectivity index (χ2n) is 8.60. The molecule has 33 heavy (non-hydrogen) atoms. The van der Waals surface area contributed by atoms with Gasteiger partial charge in [-0.3, -0.25) is 0 Å². The van der Waals surface area contributed by atoms with Gasteiger partial charge < -0.3 is 24.8 Å². The van der Waals surface area contributed by atoms with Gasteiger partial charge in [-0.2, -0.15) is 0 Å². The van der Waals surface area contributed by atoms with Crippen molar-refractivity contribution in [1.29, 1.82) is 0 Å². The maximum absolute atomic E-state index is 6.15. The number of piperazine rings is 1. The third-order valence-corrected chi connectivity index (χ3v) is 6.17. The van der Waals surface area contributed by atoms with Crippen LogP contribution in [-0.4, -0.2) is 79.7 Å². The zero-order valence-electron chi connectivity index (χ0n) is 19.8. The quantitative estimate of drug-likeness (QED) is 0.330. The molecule has 1 aromatic heterocycles. The SMILES string of the molecule is CCNC(=NCc1ccnc(N2CCN(C)CC2)c1)N1CCC(Oc2ccccc2)CC1.I. The van der Waals surface area contributed by atoms with E-state index in [1.807, 2.05) is 36.5 Å². The van der Waals surface area contributed by atoms with Gasteiger partial charge in [0, 0.05) is 64.9 Å². The molecule has 0 aliphatic carbocycles. The van der Waals surface area contributed by atoms with Crippen LogP contribution in [-0.2, 0) is 6.54 Å². The molecule has 2 saturated heterocycles. The molecule has 1 aromatic carbocycles. The van der Waals surface area contributed by atoms with Crippen molar-refractivity contribution in [3.8, 4) is 5.75 Å². The van der Waals surface area contributed by atoms with Crippen molar-refractivity contribution < 1.29 is 4.74 Å². The summed E-state index contributed by atoms with van der Waals surface area (Å²) in [6, 6.07) is 14.4. The molecule has 0 radical (unpaired) electrons. The van der Waals surface area contributed by atoms with E-state index in [1.54, 1.807) is 0 Å². The fourth-order valence-corrected chi connectivity index (χ4v) is 4.24. The predicted molar refractivity (Wildman–Crippen MR) is 146 cm³/mol. The highest BCUT2D eigenvalue weighted by Crippen LogP contribution is 2.19. The van der Waals surface area contributed by atoms with Gasteiger partial charge in [-0.15, -0.1) is 24.0 Å². The van der Waals surface area contributed by atoms with Crippen LogP contribution in [0.3, 0.4) is 0 Å². The Morgan fingerprint density at radius 2 is 1.79 bits per heavy atom. The van der Waals surface area contributed by atoms with E-state index in [-0.39, 0.29) is 30.1 Å². The molecule has 0 amide bonds. The monoisotopic (exact) mass is 564 g/mol. The van der Waals surface area contributed by atoms with Crippen molar-refractivity contribution in [2.24, 2.45) is 4.99 Å². The van der Waals surface area contributed by atoms with Crippen LogP contribution in [0.15, 0.2) is 53.7 Å². The molecule has 2 aliphatic heterocycles. The van der Waals surface area contributed by atoms with Crippen molar-refractivity contribution in [2.75, 3.05) is 57.8 Å². The van der Waals surface area contributed by atoms with E-state index in [9.17, 15) is 0 Å². The first-order chi connectivity index (χ1) is 15.7. The number of guanidine groups is 1. The normalized spacial score (nSPS) is 18.1. The van der Waals surface area contributed by atoms with E-state index in [0.717, 1.165) is 76.2 Å². The number of halogens is 1. The average Bonchev–Trinajstić information content (AvgIpc) is 2.84. The first kappa shape index (κ1) is 25.6. The van der Waals surface area contributed by atoms with Gasteiger partial charge in [0.05, 0.1) is 6.54 Å². The Labute approximate surface area is 215 Å². The van der Waals surface area contributed by atoms with Gasteiger partial charge in [-0.05, 0) is 43.8 Å². The summed E-state index contributed by atoms with van der Waals surface area (Å²) in [7, 11) is 2.18. The highest BCUT2D eigenvalue weighted by atomic mass is 127. The zero-order chi connectivity index (χ0) is 22.2. The summed E-state index contributed by atoms with van der Waals surface area (Å²) in [6.07, 6.45) is 4.19. The number of piperidine rings is 1. The molecule has 2 fully saturated rings. The summed E-state index contributed by atoms with van der Waals surface area (Å²) >= 11 is 0. The summed E-state index contributed by atoms with van der Waals surface area (Å²) in [5, 5.41) is 3.47. The molecule has 8 heteroatoms. The first-order valence-electron chi connectivity index (χ1n) is 11.8. The van der Waals surface area contributed by atoms with Gasteiger partial charge >= 0.3 is 0 Å². The number of anilines is 1. The lowest BCUT2D eigenvalue weighted by Gasteiger charge is -2.34. The van der Waals surface area contributed by atoms with Crippen molar-refractivity contribution in [3.63, 3.8) is 0 Å². The van der Waals surface area contributed by atoms with Crippen LogP contribution in [0.5, 0.6) is 5.75 Å². The Morgan fingerprint density at radius 1 is 1.06 bits per heavy atom. The fourth-order valence-electron chi connectivity index (χ4n) is 4.24. The molecule has 3 heterocycles. The molecule has 0 saturated carbocycles. The maximum atomic E-state index is 6.15. The van der Waals surface area contributed by atoms with E-state index < -0.39 is 0 Å². The second kappa shape index (κ2) is 13.0. The number of nitrogens with zero attached hydrogens (tertiary/aromatic N) is 5. The Bertz CT molecular complexity index is 864. The van der Waals surface area contributed by atoms with E-state index in [0.29, 0.717) is 6.54 Å². The summed E-state index contributed by atoms with van der Waals surface area (Å²) in [6.45, 7) is 9.76. The largest absolute Gasteiger partial charge is 0.490 e. The number of likely N-dealkylation sites (N-methyl/N-ethyl adjacent to an activating group) is 1. The lowest BCUT2D eigenvalue weighted by Crippen LogP contribution is -2.47. The third kappa shape index (κ3) is 7.46. The van der Waals surface area contributed by atoms with Crippen LogP contribution in [0, 0.1) is 0 Å². The smallest absolute Gasteiger partial charge is 0.194 e. The van der Waals surface area contributed by atoms with E-state index in [2.05, 4.69) is 51.1 Å². The average molecular weight is 565 g/mol. The van der Waals surface area contributed by atoms with Crippen LogP contribution in [0.1, 0.15) is 25.3 Å². The predicted octanol–water partition coefficient (Wildman–Crippen LogP) is 3.46. The van der Waals surface area contributed by atoms with Crippen molar-refractivity contribution in [2.45, 2.75) is 32.4 Å². The van der Waals surface area contributed by atoms with Crippen LogP contribution in [0.2, 0.25) is 0 Å². The van der Waals surface area contributed by atoms with Crippen molar-refractivity contribution in [1.82, 2.24) is 20.1 Å². The molecule has 0 bridgehead atoms. The number of pyridine rings is 1. The Kier molecular flexibility index (Phi) is 10.1. The summed E-state index contributed by atoms with van der Waals surface area (Å²) in [5.41, 5.74) is 1.20. The minimum Gasteiger partial charge on any atom is -0.490 e. The molecule has 0 atom stereocenters. The minimum absolute atomic E-state index is 0. The lowest BCUT2D eigenvalue weighted by molar-refractivity contribution is 0.129. The third-order valence-electron chi connectivity index (χ3n) is 6.17. The topological polar surface area (TPSA) is 56.2 Å². The Balaban J connectivity index is 0.00000306. The summed E-state index contributed by atoms with van der Waals surface area (Å²) in [5.74, 6) is 3.01.